The number of hydrogen-bond donors (Lipinski definition) is 3. The summed E-state index contributed by atoms with van der Waals surface area (Å²) in [5.41, 5.74) is 3.50. The smallest absolute Gasteiger partial charge is 0.481 e. The van der Waals surface area contributed by atoms with Crippen LogP contribution in [0.1, 0.15) is 48.2 Å². The van der Waals surface area contributed by atoms with Gasteiger partial charge < -0.3 is 24.6 Å². The van der Waals surface area contributed by atoms with E-state index < -0.39 is 12.9 Å². The van der Waals surface area contributed by atoms with Crippen LogP contribution < -0.4 is 15.5 Å². The summed E-state index contributed by atoms with van der Waals surface area (Å²) in [6.07, 6.45) is 7.16. The van der Waals surface area contributed by atoms with Crippen molar-refractivity contribution in [1.29, 1.82) is 0 Å². The summed E-state index contributed by atoms with van der Waals surface area (Å²) >= 11 is 0. The standard InChI is InChI=1S/C17H19FN4O2.C8H8BNO3/c1-24-15-8-11(12(18)10-19-15)13-9-14(21-20-13)16(23)22-7-3-2-4-17(22)5-6-17;11-5-10-7-1-2-8-6(3-7)4-13-9(8)12/h8-10H,2-7H2,1H3,(H,20,21);1-3,5,12H,4H2,(H,10,11). The Morgan fingerprint density at radius 3 is 2.89 bits per heavy atom. The molecule has 1 saturated heterocycles. The van der Waals surface area contributed by atoms with Crippen molar-refractivity contribution in [2.45, 2.75) is 44.2 Å². The summed E-state index contributed by atoms with van der Waals surface area (Å²) in [5, 5.41) is 18.7. The lowest BCUT2D eigenvalue weighted by molar-refractivity contribution is -0.105. The number of carbonyl (C=O) groups excluding carboxylic acids is 2. The maximum atomic E-state index is 14.0. The molecule has 3 aliphatic rings. The molecule has 6 rings (SSSR count). The lowest BCUT2D eigenvalue weighted by atomic mass is 9.79. The fourth-order valence-corrected chi connectivity index (χ4v) is 4.91. The number of aromatic nitrogens is 3. The summed E-state index contributed by atoms with van der Waals surface area (Å²) in [6.45, 7) is 1.18. The molecule has 10 nitrogen and oxygen atoms in total. The summed E-state index contributed by atoms with van der Waals surface area (Å²) < 4.78 is 24.0. The Morgan fingerprint density at radius 2 is 2.14 bits per heavy atom. The van der Waals surface area contributed by atoms with Gasteiger partial charge in [-0.1, -0.05) is 6.07 Å². The fourth-order valence-electron chi connectivity index (χ4n) is 4.91. The zero-order valence-corrected chi connectivity index (χ0v) is 20.4. The van der Waals surface area contributed by atoms with Gasteiger partial charge in [-0.2, -0.15) is 5.10 Å². The Hall–Kier alpha value is -3.77. The van der Waals surface area contributed by atoms with Crippen molar-refractivity contribution >= 4 is 30.6 Å². The molecule has 2 aliphatic heterocycles. The molecule has 0 atom stereocenters. The minimum atomic E-state index is -0.819. The number of rotatable bonds is 5. The third-order valence-electron chi connectivity index (χ3n) is 7.07. The van der Waals surface area contributed by atoms with E-state index >= 15 is 0 Å². The number of anilines is 1. The second kappa shape index (κ2) is 10.3. The van der Waals surface area contributed by atoms with Gasteiger partial charge in [0.05, 0.1) is 25.6 Å². The number of halogens is 1. The van der Waals surface area contributed by atoms with Gasteiger partial charge in [-0.15, -0.1) is 0 Å². The van der Waals surface area contributed by atoms with Crippen LogP contribution in [0.15, 0.2) is 36.5 Å². The molecule has 2 aromatic heterocycles. The minimum Gasteiger partial charge on any atom is -0.481 e. The largest absolute Gasteiger partial charge is 0.491 e. The Labute approximate surface area is 213 Å². The summed E-state index contributed by atoms with van der Waals surface area (Å²) in [4.78, 5) is 28.8. The minimum absolute atomic E-state index is 0.0487. The van der Waals surface area contributed by atoms with Crippen molar-refractivity contribution in [3.05, 3.63) is 53.6 Å². The van der Waals surface area contributed by atoms with E-state index in [4.69, 9.17) is 9.39 Å². The third-order valence-corrected chi connectivity index (χ3v) is 7.07. The predicted octanol–water partition coefficient (Wildman–Crippen LogP) is 2.25. The van der Waals surface area contributed by atoms with E-state index in [1.54, 1.807) is 24.3 Å². The van der Waals surface area contributed by atoms with Crippen LogP contribution in [0.2, 0.25) is 0 Å². The van der Waals surface area contributed by atoms with Gasteiger partial charge in [0.2, 0.25) is 12.3 Å². The molecular weight excluding hydrogens is 480 g/mol. The van der Waals surface area contributed by atoms with Gasteiger partial charge in [0.1, 0.15) is 5.69 Å². The van der Waals surface area contributed by atoms with E-state index in [0.717, 1.165) is 49.5 Å². The van der Waals surface area contributed by atoms with Crippen molar-refractivity contribution < 1.29 is 28.4 Å². The zero-order chi connectivity index (χ0) is 26.0. The molecular formula is C25H27BFN5O5. The molecule has 1 aromatic carbocycles. The van der Waals surface area contributed by atoms with E-state index in [1.165, 1.54) is 19.6 Å². The molecule has 2 amide bonds. The van der Waals surface area contributed by atoms with Crippen LogP contribution in [0.4, 0.5) is 10.1 Å². The van der Waals surface area contributed by atoms with Crippen LogP contribution in [-0.4, -0.2) is 63.7 Å². The number of carbonyl (C=O) groups is 2. The topological polar surface area (TPSA) is 130 Å². The first-order chi connectivity index (χ1) is 17.9. The highest BCUT2D eigenvalue weighted by Gasteiger charge is 2.51. The number of amides is 2. The Bertz CT molecular complexity index is 1310. The van der Waals surface area contributed by atoms with E-state index in [-0.39, 0.29) is 17.0 Å². The molecule has 0 unspecified atom stereocenters. The van der Waals surface area contributed by atoms with E-state index in [0.29, 0.717) is 36.0 Å². The molecule has 12 heteroatoms. The van der Waals surface area contributed by atoms with Crippen LogP contribution in [0, 0.1) is 5.82 Å². The molecule has 1 aliphatic carbocycles. The van der Waals surface area contributed by atoms with Crippen molar-refractivity contribution in [2.24, 2.45) is 0 Å². The number of aromatic amines is 1. The highest BCUT2D eigenvalue weighted by atomic mass is 19.1. The first kappa shape index (κ1) is 24.9. The van der Waals surface area contributed by atoms with Gasteiger partial charge in [0.15, 0.2) is 5.82 Å². The summed E-state index contributed by atoms with van der Waals surface area (Å²) in [6, 6.07) is 8.35. The Balaban J connectivity index is 0.000000182. The van der Waals surface area contributed by atoms with Crippen LogP contribution in [0.5, 0.6) is 5.88 Å². The first-order valence-electron chi connectivity index (χ1n) is 12.1. The van der Waals surface area contributed by atoms with Crippen LogP contribution in [0.25, 0.3) is 11.3 Å². The third kappa shape index (κ3) is 5.07. The monoisotopic (exact) mass is 507 g/mol. The number of pyridine rings is 1. The van der Waals surface area contributed by atoms with Gasteiger partial charge in [-0.05, 0) is 61.3 Å². The van der Waals surface area contributed by atoms with Crippen molar-refractivity contribution in [2.75, 3.05) is 19.0 Å². The van der Waals surface area contributed by atoms with E-state index in [9.17, 15) is 19.0 Å². The SMILES string of the molecule is COc1cc(-c2cc(C(=O)N3CCCCC34CC4)[nH]n2)c(F)cn1.O=CNc1ccc2c(c1)COB2O. The number of likely N-dealkylation sites (tertiary alicyclic amines) is 1. The van der Waals surface area contributed by atoms with Crippen LogP contribution in [0.3, 0.4) is 0 Å². The van der Waals surface area contributed by atoms with Crippen molar-refractivity contribution in [1.82, 2.24) is 20.1 Å². The highest BCUT2D eigenvalue weighted by Crippen LogP contribution is 2.48. The first-order valence-corrected chi connectivity index (χ1v) is 12.1. The average molecular weight is 507 g/mol. The predicted molar refractivity (Wildman–Crippen MR) is 134 cm³/mol. The average Bonchev–Trinajstić information content (AvgIpc) is 3.33. The number of fused-ring (bicyclic) bond motifs is 1. The number of H-pyrrole nitrogens is 1. The number of methoxy groups -OCH3 is 1. The number of benzene rings is 1. The Kier molecular flexibility index (Phi) is 6.94. The van der Waals surface area contributed by atoms with Crippen LogP contribution in [-0.2, 0) is 16.1 Å². The number of piperidine rings is 1. The highest BCUT2D eigenvalue weighted by molar-refractivity contribution is 6.61. The molecule has 1 saturated carbocycles. The summed E-state index contributed by atoms with van der Waals surface area (Å²) in [5.74, 6) is -0.249. The van der Waals surface area contributed by atoms with Gasteiger partial charge >= 0.3 is 7.12 Å². The zero-order valence-electron chi connectivity index (χ0n) is 20.4. The van der Waals surface area contributed by atoms with E-state index in [1.807, 2.05) is 4.90 Å². The lowest BCUT2D eigenvalue weighted by Gasteiger charge is -2.35. The lowest BCUT2D eigenvalue weighted by Crippen LogP contribution is -2.45. The molecule has 3 N–H and O–H groups in total. The van der Waals surface area contributed by atoms with Crippen LogP contribution >= 0.6 is 0 Å². The molecule has 4 heterocycles. The Morgan fingerprint density at radius 1 is 1.30 bits per heavy atom. The second-order valence-corrected chi connectivity index (χ2v) is 9.35. The normalized spacial score (nSPS) is 17.1. The van der Waals surface area contributed by atoms with Crippen molar-refractivity contribution in [3.8, 4) is 17.1 Å². The number of hydrogen-bond acceptors (Lipinski definition) is 7. The van der Waals surface area contributed by atoms with Crippen molar-refractivity contribution in [3.63, 3.8) is 0 Å². The summed E-state index contributed by atoms with van der Waals surface area (Å²) in [7, 11) is 0.648. The molecule has 1 spiro atoms. The molecule has 0 radical (unpaired) electrons. The van der Waals surface area contributed by atoms with Gasteiger partial charge in [-0.25, -0.2) is 9.37 Å². The maximum Gasteiger partial charge on any atom is 0.491 e. The van der Waals surface area contributed by atoms with E-state index in [2.05, 4.69) is 20.5 Å². The number of ether oxygens (including phenoxy) is 1. The molecule has 192 valence electrons. The molecule has 37 heavy (non-hydrogen) atoms. The van der Waals surface area contributed by atoms with Gasteiger partial charge in [0, 0.05) is 29.4 Å². The fraction of sp³-hybridized carbons (Fsp3) is 0.360. The second-order valence-electron chi connectivity index (χ2n) is 9.35. The molecule has 3 aromatic rings. The van der Waals surface area contributed by atoms with Gasteiger partial charge in [-0.3, -0.25) is 14.7 Å². The number of nitrogens with zero attached hydrogens (tertiary/aromatic N) is 3. The quantitative estimate of drug-likeness (QED) is 0.357. The number of nitrogens with one attached hydrogen (secondary N) is 2. The maximum absolute atomic E-state index is 14.0. The van der Waals surface area contributed by atoms with Gasteiger partial charge in [0.25, 0.3) is 5.91 Å². The molecule has 0 bridgehead atoms. The molecule has 2 fully saturated rings.